The maximum absolute atomic E-state index is 11.7. The molecule has 1 rings (SSSR count). The highest BCUT2D eigenvalue weighted by molar-refractivity contribution is 5.95. The fraction of sp³-hybridized carbons (Fsp3) is 0.429. The third-order valence-electron chi connectivity index (χ3n) is 2.62. The van der Waals surface area contributed by atoms with Gasteiger partial charge in [0.05, 0.1) is 17.9 Å². The van der Waals surface area contributed by atoms with Crippen LogP contribution >= 0.6 is 0 Å². The number of urea groups is 1. The van der Waals surface area contributed by atoms with Gasteiger partial charge in [-0.2, -0.15) is 0 Å². The number of benzene rings is 1. The smallest absolute Gasteiger partial charge is 0.319 e. The normalized spacial score (nSPS) is 9.75. The highest BCUT2D eigenvalue weighted by Gasteiger charge is 2.08. The van der Waals surface area contributed by atoms with Crippen LogP contribution in [0.1, 0.15) is 13.3 Å². The van der Waals surface area contributed by atoms with Crippen LogP contribution in [0.25, 0.3) is 0 Å². The van der Waals surface area contributed by atoms with Crippen molar-refractivity contribution in [2.75, 3.05) is 37.4 Å². The van der Waals surface area contributed by atoms with Gasteiger partial charge in [0.2, 0.25) is 5.91 Å². The molecule has 20 heavy (non-hydrogen) atoms. The number of para-hydroxylation sites is 2. The van der Waals surface area contributed by atoms with Crippen LogP contribution in [0.2, 0.25) is 0 Å². The molecule has 6 heteroatoms. The van der Waals surface area contributed by atoms with Gasteiger partial charge < -0.3 is 20.9 Å². The molecule has 0 saturated heterocycles. The van der Waals surface area contributed by atoms with E-state index in [1.165, 1.54) is 0 Å². The van der Waals surface area contributed by atoms with Crippen molar-refractivity contribution < 1.29 is 9.59 Å². The monoisotopic (exact) mass is 278 g/mol. The summed E-state index contributed by atoms with van der Waals surface area (Å²) in [4.78, 5) is 25.0. The number of carbonyl (C=O) groups is 2. The standard InChI is InChI=1S/C14H22N4O2/c1-4-9-15-13(19)10-16-14(20)17-11-7-5-6-8-12(11)18(2)3/h5-8H,4,9-10H2,1-3H3,(H,15,19)(H2,16,17,20). The average Bonchev–Trinajstić information content (AvgIpc) is 2.43. The highest BCUT2D eigenvalue weighted by atomic mass is 16.2. The van der Waals surface area contributed by atoms with Crippen LogP contribution in [0.4, 0.5) is 16.2 Å². The Morgan fingerprint density at radius 1 is 1.15 bits per heavy atom. The summed E-state index contributed by atoms with van der Waals surface area (Å²) in [5.41, 5.74) is 1.60. The van der Waals surface area contributed by atoms with Crippen molar-refractivity contribution in [1.82, 2.24) is 10.6 Å². The Balaban J connectivity index is 2.49. The summed E-state index contributed by atoms with van der Waals surface area (Å²) < 4.78 is 0. The molecule has 0 aliphatic rings. The molecule has 0 aliphatic heterocycles. The Hall–Kier alpha value is -2.24. The molecule has 6 nitrogen and oxygen atoms in total. The summed E-state index contributed by atoms with van der Waals surface area (Å²) in [6.07, 6.45) is 0.869. The summed E-state index contributed by atoms with van der Waals surface area (Å²) in [5.74, 6) is -0.192. The van der Waals surface area contributed by atoms with E-state index in [2.05, 4.69) is 16.0 Å². The number of nitrogens with one attached hydrogen (secondary N) is 3. The van der Waals surface area contributed by atoms with Crippen molar-refractivity contribution in [2.24, 2.45) is 0 Å². The van der Waals surface area contributed by atoms with Crippen LogP contribution in [0.15, 0.2) is 24.3 Å². The number of carbonyl (C=O) groups excluding carboxylic acids is 2. The average molecular weight is 278 g/mol. The molecule has 0 radical (unpaired) electrons. The first-order valence-electron chi connectivity index (χ1n) is 6.62. The van der Waals surface area contributed by atoms with Crippen molar-refractivity contribution >= 4 is 23.3 Å². The molecule has 0 bridgehead atoms. The summed E-state index contributed by atoms with van der Waals surface area (Å²) in [6, 6.07) is 7.06. The van der Waals surface area contributed by atoms with Crippen molar-refractivity contribution in [3.8, 4) is 0 Å². The van der Waals surface area contributed by atoms with Gasteiger partial charge in [0.25, 0.3) is 0 Å². The lowest BCUT2D eigenvalue weighted by molar-refractivity contribution is -0.120. The van der Waals surface area contributed by atoms with E-state index in [1.54, 1.807) is 0 Å². The number of nitrogens with zero attached hydrogens (tertiary/aromatic N) is 1. The van der Waals surface area contributed by atoms with Crippen LogP contribution in [-0.2, 0) is 4.79 Å². The first kappa shape index (κ1) is 15.8. The van der Waals surface area contributed by atoms with Crippen LogP contribution in [0.3, 0.4) is 0 Å². The third kappa shape index (κ3) is 5.17. The molecule has 110 valence electrons. The Morgan fingerprint density at radius 2 is 1.85 bits per heavy atom. The summed E-state index contributed by atoms with van der Waals surface area (Å²) in [7, 11) is 3.80. The second kappa shape index (κ2) is 8.04. The predicted molar refractivity (Wildman–Crippen MR) is 81.1 cm³/mol. The van der Waals surface area contributed by atoms with Gasteiger partial charge in [-0.25, -0.2) is 4.79 Å². The fourth-order valence-corrected chi connectivity index (χ4v) is 1.62. The molecule has 0 saturated carbocycles. The molecule has 0 spiro atoms. The minimum absolute atomic E-state index is 0.0318. The summed E-state index contributed by atoms with van der Waals surface area (Å²) in [6.45, 7) is 2.56. The van der Waals surface area contributed by atoms with Crippen molar-refractivity contribution in [2.45, 2.75) is 13.3 Å². The van der Waals surface area contributed by atoms with Crippen LogP contribution in [0, 0.1) is 0 Å². The van der Waals surface area contributed by atoms with E-state index in [4.69, 9.17) is 0 Å². The van der Waals surface area contributed by atoms with E-state index >= 15 is 0 Å². The van der Waals surface area contributed by atoms with Gasteiger partial charge in [0.1, 0.15) is 0 Å². The number of anilines is 2. The predicted octanol–water partition coefficient (Wildman–Crippen LogP) is 1.40. The molecule has 1 aromatic carbocycles. The van der Waals surface area contributed by atoms with Gasteiger partial charge in [-0.1, -0.05) is 19.1 Å². The Labute approximate surface area is 119 Å². The Kier molecular flexibility index (Phi) is 6.36. The van der Waals surface area contributed by atoms with Gasteiger partial charge in [-0.05, 0) is 18.6 Å². The molecule has 0 aromatic heterocycles. The lowest BCUT2D eigenvalue weighted by atomic mass is 10.2. The second-order valence-corrected chi connectivity index (χ2v) is 4.57. The molecule has 0 unspecified atom stereocenters. The fourth-order valence-electron chi connectivity index (χ4n) is 1.62. The largest absolute Gasteiger partial charge is 0.376 e. The first-order valence-corrected chi connectivity index (χ1v) is 6.62. The first-order chi connectivity index (χ1) is 9.54. The lowest BCUT2D eigenvalue weighted by Gasteiger charge is -2.17. The van der Waals surface area contributed by atoms with E-state index in [1.807, 2.05) is 50.2 Å². The molecular weight excluding hydrogens is 256 g/mol. The maximum Gasteiger partial charge on any atom is 0.319 e. The summed E-state index contributed by atoms with van der Waals surface area (Å²) in [5, 5.41) is 7.95. The minimum Gasteiger partial charge on any atom is -0.376 e. The molecule has 0 atom stereocenters. The molecule has 0 aliphatic carbocycles. The number of amides is 3. The second-order valence-electron chi connectivity index (χ2n) is 4.57. The van der Waals surface area contributed by atoms with Crippen molar-refractivity contribution in [3.05, 3.63) is 24.3 Å². The van der Waals surface area contributed by atoms with Crippen LogP contribution in [-0.4, -0.2) is 39.1 Å². The van der Waals surface area contributed by atoms with Gasteiger partial charge in [0.15, 0.2) is 0 Å². The van der Waals surface area contributed by atoms with E-state index in [-0.39, 0.29) is 12.5 Å². The van der Waals surface area contributed by atoms with E-state index in [0.29, 0.717) is 12.2 Å². The van der Waals surface area contributed by atoms with Crippen LogP contribution < -0.4 is 20.9 Å². The van der Waals surface area contributed by atoms with Crippen LogP contribution in [0.5, 0.6) is 0 Å². The number of rotatable bonds is 6. The zero-order valence-electron chi connectivity index (χ0n) is 12.2. The molecule has 3 amide bonds. The van der Waals surface area contributed by atoms with Gasteiger partial charge in [0, 0.05) is 20.6 Å². The lowest BCUT2D eigenvalue weighted by Crippen LogP contribution is -2.39. The summed E-state index contributed by atoms with van der Waals surface area (Å²) >= 11 is 0. The van der Waals surface area contributed by atoms with Gasteiger partial charge in [-0.3, -0.25) is 4.79 Å². The van der Waals surface area contributed by atoms with Crippen molar-refractivity contribution in [3.63, 3.8) is 0 Å². The third-order valence-corrected chi connectivity index (χ3v) is 2.62. The SMILES string of the molecule is CCCNC(=O)CNC(=O)Nc1ccccc1N(C)C. The quantitative estimate of drug-likeness (QED) is 0.736. The van der Waals surface area contributed by atoms with Gasteiger partial charge in [-0.15, -0.1) is 0 Å². The molecular formula is C14H22N4O2. The molecule has 0 heterocycles. The number of hydrogen-bond acceptors (Lipinski definition) is 3. The zero-order chi connectivity index (χ0) is 15.0. The molecule has 3 N–H and O–H groups in total. The van der Waals surface area contributed by atoms with E-state index in [0.717, 1.165) is 12.1 Å². The number of hydrogen-bond donors (Lipinski definition) is 3. The maximum atomic E-state index is 11.7. The molecule has 0 fully saturated rings. The molecule has 1 aromatic rings. The van der Waals surface area contributed by atoms with Crippen molar-refractivity contribution in [1.29, 1.82) is 0 Å². The highest BCUT2D eigenvalue weighted by Crippen LogP contribution is 2.22. The van der Waals surface area contributed by atoms with E-state index in [9.17, 15) is 9.59 Å². The topological polar surface area (TPSA) is 73.5 Å². The zero-order valence-corrected chi connectivity index (χ0v) is 12.2. The van der Waals surface area contributed by atoms with E-state index < -0.39 is 6.03 Å². The Bertz CT molecular complexity index is 460. The van der Waals surface area contributed by atoms with Gasteiger partial charge >= 0.3 is 6.03 Å². The minimum atomic E-state index is -0.397. The Morgan fingerprint density at radius 3 is 2.50 bits per heavy atom.